The van der Waals surface area contributed by atoms with E-state index in [0.717, 1.165) is 19.3 Å². The maximum Gasteiger partial charge on any atom is 0.257 e. The second-order valence-corrected chi connectivity index (χ2v) is 5.78. The molecule has 128 valence electrons. The summed E-state index contributed by atoms with van der Waals surface area (Å²) in [5, 5.41) is 3.40. The third kappa shape index (κ3) is 3.84. The Kier molecular flexibility index (Phi) is 5.30. The van der Waals surface area contributed by atoms with E-state index in [4.69, 9.17) is 9.15 Å². The third-order valence-corrected chi connectivity index (χ3v) is 4.00. The molecule has 0 atom stereocenters. The van der Waals surface area contributed by atoms with Gasteiger partial charge < -0.3 is 19.4 Å². The fourth-order valence-corrected chi connectivity index (χ4v) is 2.72. The minimum absolute atomic E-state index is 0.0219. The molecule has 0 aliphatic carbocycles. The van der Waals surface area contributed by atoms with Crippen molar-refractivity contribution in [2.75, 3.05) is 25.0 Å². The lowest BCUT2D eigenvalue weighted by molar-refractivity contribution is 0.0717. The monoisotopic (exact) mass is 330 g/mol. The molecule has 1 aliphatic heterocycles. The zero-order valence-electron chi connectivity index (χ0n) is 13.8. The molecule has 1 aliphatic rings. The summed E-state index contributed by atoms with van der Waals surface area (Å²) in [6, 6.07) is 1.95. The highest BCUT2D eigenvalue weighted by molar-refractivity contribution is 5.93. The molecule has 0 spiro atoms. The Labute approximate surface area is 141 Å². The lowest BCUT2D eigenvalue weighted by Gasteiger charge is -2.32. The maximum atomic E-state index is 12.3. The van der Waals surface area contributed by atoms with Crippen LogP contribution in [0.2, 0.25) is 0 Å². The Hall–Kier alpha value is -2.57. The molecule has 1 fully saturated rings. The lowest BCUT2D eigenvalue weighted by atomic mass is 10.0. The second-order valence-electron chi connectivity index (χ2n) is 5.78. The highest BCUT2D eigenvalue weighted by Gasteiger charge is 2.25. The van der Waals surface area contributed by atoms with E-state index < -0.39 is 0 Å². The van der Waals surface area contributed by atoms with Gasteiger partial charge in [-0.1, -0.05) is 6.92 Å². The molecule has 2 aromatic rings. The molecule has 0 unspecified atom stereocenters. The number of hydrogen-bond acceptors (Lipinski definition) is 6. The number of rotatable bonds is 6. The highest BCUT2D eigenvalue weighted by atomic mass is 16.5. The van der Waals surface area contributed by atoms with Crippen molar-refractivity contribution >= 4 is 11.7 Å². The normalized spacial score (nSPS) is 15.3. The van der Waals surface area contributed by atoms with Gasteiger partial charge in [0.15, 0.2) is 5.82 Å². The molecule has 3 rings (SSSR count). The van der Waals surface area contributed by atoms with E-state index in [0.29, 0.717) is 37.0 Å². The number of hydrogen-bond donors (Lipinski definition) is 1. The van der Waals surface area contributed by atoms with E-state index >= 15 is 0 Å². The fraction of sp³-hybridized carbons (Fsp3) is 0.471. The standard InChI is InChI=1S/C17H22N4O3/c1-2-10-24-16-15(18-6-7-19-16)20-14-3-8-21(9-4-14)17(22)13-5-11-23-12-13/h5-7,11-12,14H,2-4,8-10H2,1H3,(H,18,20). The van der Waals surface area contributed by atoms with E-state index in [1.54, 1.807) is 18.5 Å². The van der Waals surface area contributed by atoms with Crippen LogP contribution in [0.1, 0.15) is 36.5 Å². The summed E-state index contributed by atoms with van der Waals surface area (Å²) >= 11 is 0. The van der Waals surface area contributed by atoms with E-state index in [9.17, 15) is 4.79 Å². The van der Waals surface area contributed by atoms with Crippen molar-refractivity contribution < 1.29 is 13.9 Å². The van der Waals surface area contributed by atoms with E-state index in [2.05, 4.69) is 22.2 Å². The van der Waals surface area contributed by atoms with Gasteiger partial charge in [0.05, 0.1) is 18.4 Å². The lowest BCUT2D eigenvalue weighted by Crippen LogP contribution is -2.42. The summed E-state index contributed by atoms with van der Waals surface area (Å²) in [5.74, 6) is 1.23. The van der Waals surface area contributed by atoms with Crippen molar-refractivity contribution in [1.82, 2.24) is 14.9 Å². The Bertz CT molecular complexity index is 652. The van der Waals surface area contributed by atoms with Gasteiger partial charge in [0, 0.05) is 31.5 Å². The Morgan fingerprint density at radius 1 is 1.38 bits per heavy atom. The zero-order valence-corrected chi connectivity index (χ0v) is 13.8. The van der Waals surface area contributed by atoms with Gasteiger partial charge in [0.1, 0.15) is 6.26 Å². The van der Waals surface area contributed by atoms with Crippen molar-refractivity contribution in [3.8, 4) is 5.88 Å². The number of furan rings is 1. The van der Waals surface area contributed by atoms with Crippen LogP contribution in [0, 0.1) is 0 Å². The van der Waals surface area contributed by atoms with Crippen molar-refractivity contribution in [2.45, 2.75) is 32.2 Å². The summed E-state index contributed by atoms with van der Waals surface area (Å²) in [4.78, 5) is 22.7. The largest absolute Gasteiger partial charge is 0.475 e. The molecule has 7 heteroatoms. The third-order valence-electron chi connectivity index (χ3n) is 4.00. The number of nitrogens with zero attached hydrogens (tertiary/aromatic N) is 3. The molecule has 7 nitrogen and oxygen atoms in total. The first kappa shape index (κ1) is 16.3. The van der Waals surface area contributed by atoms with Gasteiger partial charge in [-0.05, 0) is 25.3 Å². The van der Waals surface area contributed by atoms with Gasteiger partial charge in [0.25, 0.3) is 11.8 Å². The van der Waals surface area contributed by atoms with Crippen LogP contribution in [0.5, 0.6) is 5.88 Å². The molecular weight excluding hydrogens is 308 g/mol. The average molecular weight is 330 g/mol. The number of nitrogens with one attached hydrogen (secondary N) is 1. The number of amides is 1. The van der Waals surface area contributed by atoms with Crippen LogP contribution in [0.4, 0.5) is 5.82 Å². The summed E-state index contributed by atoms with van der Waals surface area (Å²) < 4.78 is 10.6. The first-order chi connectivity index (χ1) is 11.8. The van der Waals surface area contributed by atoms with Crippen molar-refractivity contribution in [3.05, 3.63) is 36.5 Å². The predicted molar refractivity (Wildman–Crippen MR) is 89.1 cm³/mol. The number of piperidine rings is 1. The van der Waals surface area contributed by atoms with Crippen LogP contribution < -0.4 is 10.1 Å². The molecule has 1 saturated heterocycles. The van der Waals surface area contributed by atoms with Crippen LogP contribution in [0.3, 0.4) is 0 Å². The van der Waals surface area contributed by atoms with Crippen LogP contribution >= 0.6 is 0 Å². The summed E-state index contributed by atoms with van der Waals surface area (Å²) in [5.41, 5.74) is 0.602. The summed E-state index contributed by atoms with van der Waals surface area (Å²) in [6.45, 7) is 4.07. The van der Waals surface area contributed by atoms with Gasteiger partial charge in [-0.3, -0.25) is 4.79 Å². The first-order valence-electron chi connectivity index (χ1n) is 8.29. The topological polar surface area (TPSA) is 80.5 Å². The number of carbonyl (C=O) groups excluding carboxylic acids is 1. The molecule has 1 amide bonds. The molecule has 3 heterocycles. The Balaban J connectivity index is 1.55. The minimum Gasteiger partial charge on any atom is -0.475 e. The van der Waals surface area contributed by atoms with Gasteiger partial charge in [-0.25, -0.2) is 9.97 Å². The number of likely N-dealkylation sites (tertiary alicyclic amines) is 1. The van der Waals surface area contributed by atoms with Gasteiger partial charge >= 0.3 is 0 Å². The van der Waals surface area contributed by atoms with Crippen molar-refractivity contribution in [2.24, 2.45) is 0 Å². The SMILES string of the molecule is CCCOc1nccnc1NC1CCN(C(=O)c2ccoc2)CC1. The van der Waals surface area contributed by atoms with Gasteiger partial charge in [0.2, 0.25) is 0 Å². The van der Waals surface area contributed by atoms with Gasteiger partial charge in [-0.15, -0.1) is 0 Å². The quantitative estimate of drug-likeness (QED) is 0.877. The van der Waals surface area contributed by atoms with Crippen LogP contribution in [0.15, 0.2) is 35.4 Å². The van der Waals surface area contributed by atoms with Crippen molar-refractivity contribution in [3.63, 3.8) is 0 Å². The van der Waals surface area contributed by atoms with Crippen LogP contribution in [0.25, 0.3) is 0 Å². The average Bonchev–Trinajstić information content (AvgIpc) is 3.16. The molecule has 0 bridgehead atoms. The maximum absolute atomic E-state index is 12.3. The molecule has 24 heavy (non-hydrogen) atoms. The number of anilines is 1. The first-order valence-corrected chi connectivity index (χ1v) is 8.29. The fourth-order valence-electron chi connectivity index (χ4n) is 2.72. The number of carbonyl (C=O) groups is 1. The predicted octanol–water partition coefficient (Wildman–Crippen LogP) is 2.58. The number of ether oxygens (including phenoxy) is 1. The van der Waals surface area contributed by atoms with Crippen LogP contribution in [-0.2, 0) is 0 Å². The number of aromatic nitrogens is 2. The van der Waals surface area contributed by atoms with Gasteiger partial charge in [-0.2, -0.15) is 0 Å². The molecule has 0 aromatic carbocycles. The molecular formula is C17H22N4O3. The summed E-state index contributed by atoms with van der Waals surface area (Å²) in [7, 11) is 0. The van der Waals surface area contributed by atoms with Crippen LogP contribution in [-0.4, -0.2) is 46.5 Å². The van der Waals surface area contributed by atoms with Crippen molar-refractivity contribution in [1.29, 1.82) is 0 Å². The zero-order chi connectivity index (χ0) is 16.8. The Morgan fingerprint density at radius 2 is 2.17 bits per heavy atom. The highest BCUT2D eigenvalue weighted by Crippen LogP contribution is 2.22. The molecule has 0 radical (unpaired) electrons. The minimum atomic E-state index is 0.0219. The van der Waals surface area contributed by atoms with E-state index in [-0.39, 0.29) is 11.9 Å². The van der Waals surface area contributed by atoms with E-state index in [1.165, 1.54) is 12.5 Å². The van der Waals surface area contributed by atoms with E-state index in [1.807, 2.05) is 4.90 Å². The smallest absolute Gasteiger partial charge is 0.257 e. The molecule has 2 aromatic heterocycles. The Morgan fingerprint density at radius 3 is 2.88 bits per heavy atom. The second kappa shape index (κ2) is 7.81. The molecule has 1 N–H and O–H groups in total. The molecule has 0 saturated carbocycles. The summed E-state index contributed by atoms with van der Waals surface area (Å²) in [6.07, 6.45) is 8.92.